The molecule has 12 heavy (non-hydrogen) atoms. The van der Waals surface area contributed by atoms with Gasteiger partial charge in [0.2, 0.25) is 0 Å². The van der Waals surface area contributed by atoms with Crippen molar-refractivity contribution >= 4 is 0 Å². The Kier molecular flexibility index (Phi) is 16.4. The molecule has 0 atom stereocenters. The minimum absolute atomic E-state index is 0.500. The van der Waals surface area contributed by atoms with Gasteiger partial charge in [0, 0.05) is 0 Å². The van der Waals surface area contributed by atoms with Crippen LogP contribution >= 0.6 is 0 Å². The van der Waals surface area contributed by atoms with Crippen LogP contribution in [-0.2, 0) is 0 Å². The second-order valence-electron chi connectivity index (χ2n) is 5.44. The van der Waals surface area contributed by atoms with Crippen LogP contribution in [0, 0.1) is 11.3 Å². The summed E-state index contributed by atoms with van der Waals surface area (Å²) in [6.07, 6.45) is 1.25. The quantitative estimate of drug-likeness (QED) is 0.477. The third-order valence-corrected chi connectivity index (χ3v) is 0. The van der Waals surface area contributed by atoms with E-state index >= 15 is 0 Å². The Labute approximate surface area is 80.8 Å². The Hall–Kier alpha value is 0. The Morgan fingerprint density at radius 1 is 0.833 bits per heavy atom. The highest BCUT2D eigenvalue weighted by atomic mass is 14.0. The van der Waals surface area contributed by atoms with Gasteiger partial charge < -0.3 is 0 Å². The summed E-state index contributed by atoms with van der Waals surface area (Å²) in [6, 6.07) is 0. The molecule has 0 N–H and O–H groups in total. The van der Waals surface area contributed by atoms with Crippen molar-refractivity contribution in [2.75, 3.05) is 0 Å². The zero-order valence-electron chi connectivity index (χ0n) is 10.8. The molecule has 78 valence electrons. The van der Waals surface area contributed by atoms with Crippen LogP contribution in [-0.4, -0.2) is 0 Å². The minimum Gasteiger partial charge on any atom is -0.0656 e. The molecular formula is C12H30. The molecule has 0 spiro atoms. The first kappa shape index (κ1) is 17.9. The van der Waals surface area contributed by atoms with Gasteiger partial charge in [-0.1, -0.05) is 68.7 Å². The first-order chi connectivity index (χ1) is 5.15. The van der Waals surface area contributed by atoms with E-state index in [-0.39, 0.29) is 0 Å². The number of hydrogen-bond acceptors (Lipinski definition) is 0. The van der Waals surface area contributed by atoms with Crippen LogP contribution in [0.3, 0.4) is 0 Å². The molecule has 0 unspecified atom stereocenters. The summed E-state index contributed by atoms with van der Waals surface area (Å²) < 4.78 is 0. The summed E-state index contributed by atoms with van der Waals surface area (Å²) in [4.78, 5) is 0. The van der Waals surface area contributed by atoms with Crippen molar-refractivity contribution in [2.24, 2.45) is 11.3 Å². The third-order valence-electron chi connectivity index (χ3n) is 0. The highest BCUT2D eigenvalue weighted by Crippen LogP contribution is 2.07. The topological polar surface area (TPSA) is 0 Å². The van der Waals surface area contributed by atoms with Gasteiger partial charge in [0.05, 0.1) is 0 Å². The second kappa shape index (κ2) is 11.0. The number of rotatable bonds is 0. The molecule has 0 aliphatic heterocycles. The summed E-state index contributed by atoms with van der Waals surface area (Å²) in [6.45, 7) is 19.5. The van der Waals surface area contributed by atoms with Gasteiger partial charge in [0.25, 0.3) is 0 Å². The van der Waals surface area contributed by atoms with E-state index in [9.17, 15) is 0 Å². The summed E-state index contributed by atoms with van der Waals surface area (Å²) in [5.74, 6) is 0.833. The van der Waals surface area contributed by atoms with Crippen LogP contribution in [0.1, 0.15) is 68.7 Å². The average Bonchev–Trinajstić information content (AvgIpc) is 1.56. The van der Waals surface area contributed by atoms with E-state index in [1.54, 1.807) is 0 Å². The maximum Gasteiger partial charge on any atom is -0.0411 e. The molecular weight excluding hydrogens is 144 g/mol. The lowest BCUT2D eigenvalue weighted by atomic mass is 10.0. The van der Waals surface area contributed by atoms with Gasteiger partial charge in [-0.2, -0.15) is 0 Å². The predicted molar refractivity (Wildman–Crippen MR) is 61.6 cm³/mol. The van der Waals surface area contributed by atoms with Gasteiger partial charge in [-0.15, -0.1) is 0 Å². The lowest BCUT2D eigenvalue weighted by Gasteiger charge is -2.05. The van der Waals surface area contributed by atoms with Gasteiger partial charge in [-0.3, -0.25) is 0 Å². The fraction of sp³-hybridized carbons (Fsp3) is 1.00. The molecule has 0 heterocycles. The fourth-order valence-electron chi connectivity index (χ4n) is 0. The smallest absolute Gasteiger partial charge is 0.0411 e. The van der Waals surface area contributed by atoms with Crippen LogP contribution in [0.25, 0.3) is 0 Å². The molecule has 0 aromatic heterocycles. The second-order valence-corrected chi connectivity index (χ2v) is 5.44. The van der Waals surface area contributed by atoms with Gasteiger partial charge in [-0.25, -0.2) is 0 Å². The van der Waals surface area contributed by atoms with Crippen molar-refractivity contribution in [2.45, 2.75) is 68.7 Å². The summed E-state index contributed by atoms with van der Waals surface area (Å²) in [5, 5.41) is 0. The van der Waals surface area contributed by atoms with Gasteiger partial charge in [-0.05, 0) is 11.3 Å². The van der Waals surface area contributed by atoms with Crippen molar-refractivity contribution in [3.63, 3.8) is 0 Å². The summed E-state index contributed by atoms with van der Waals surface area (Å²) in [7, 11) is 0. The van der Waals surface area contributed by atoms with Crippen LogP contribution in [0.2, 0.25) is 0 Å². The molecule has 0 aliphatic rings. The van der Waals surface area contributed by atoms with E-state index in [2.05, 4.69) is 62.3 Å². The fourth-order valence-corrected chi connectivity index (χ4v) is 0. The number of hydrogen-bond donors (Lipinski definition) is 0. The molecule has 0 heteroatoms. The van der Waals surface area contributed by atoms with Crippen LogP contribution in [0.15, 0.2) is 0 Å². The monoisotopic (exact) mass is 174 g/mol. The van der Waals surface area contributed by atoms with Gasteiger partial charge in [0.1, 0.15) is 0 Å². The minimum atomic E-state index is 0.500. The van der Waals surface area contributed by atoms with E-state index in [1.807, 2.05) is 0 Å². The van der Waals surface area contributed by atoms with Crippen molar-refractivity contribution in [1.29, 1.82) is 0 Å². The summed E-state index contributed by atoms with van der Waals surface area (Å²) >= 11 is 0. The molecule has 0 radical (unpaired) electrons. The van der Waals surface area contributed by atoms with Gasteiger partial charge >= 0.3 is 0 Å². The van der Waals surface area contributed by atoms with Crippen LogP contribution < -0.4 is 0 Å². The average molecular weight is 174 g/mol. The zero-order chi connectivity index (χ0) is 10.8. The van der Waals surface area contributed by atoms with Crippen LogP contribution in [0.5, 0.6) is 0 Å². The highest BCUT2D eigenvalue weighted by molar-refractivity contribution is 4.47. The van der Waals surface area contributed by atoms with E-state index in [0.29, 0.717) is 5.41 Å². The lowest BCUT2D eigenvalue weighted by molar-refractivity contribution is 0.469. The molecule has 0 rings (SSSR count). The normalized spacial score (nSPS) is 9.50. The van der Waals surface area contributed by atoms with Gasteiger partial charge in [0.15, 0.2) is 0 Å². The van der Waals surface area contributed by atoms with Crippen LogP contribution in [0.4, 0.5) is 0 Å². The maximum absolute atomic E-state index is 2.19. The largest absolute Gasteiger partial charge is 0.0656 e. The Bertz CT molecular complexity index is 46.2. The molecule has 0 aliphatic carbocycles. The standard InChI is InChI=1S/C5H12.C4H10.C3H8/c1-5(2,3)4;1-4(2)3;1-3-2/h1-4H3;4H,1-3H3;3H2,1-2H3. The van der Waals surface area contributed by atoms with E-state index in [4.69, 9.17) is 0 Å². The predicted octanol–water partition coefficient (Wildman–Crippen LogP) is 5.13. The van der Waals surface area contributed by atoms with Crippen molar-refractivity contribution < 1.29 is 0 Å². The van der Waals surface area contributed by atoms with Crippen molar-refractivity contribution in [1.82, 2.24) is 0 Å². The lowest BCUT2D eigenvalue weighted by Crippen LogP contribution is -1.93. The molecule has 0 aromatic carbocycles. The Balaban J connectivity index is -0.000000105. The molecule has 0 nitrogen and oxygen atoms in total. The van der Waals surface area contributed by atoms with E-state index in [1.165, 1.54) is 6.42 Å². The maximum atomic E-state index is 2.19. The Morgan fingerprint density at radius 2 is 0.833 bits per heavy atom. The molecule has 0 bridgehead atoms. The molecule has 0 saturated carbocycles. The molecule has 0 amide bonds. The SMILES string of the molecule is CC(C)(C)C.CC(C)C.CCC. The third kappa shape index (κ3) is 0. The van der Waals surface area contributed by atoms with E-state index in [0.717, 1.165) is 5.92 Å². The highest BCUT2D eigenvalue weighted by Gasteiger charge is 1.95. The van der Waals surface area contributed by atoms with Crippen molar-refractivity contribution in [3.8, 4) is 0 Å². The first-order valence-electron chi connectivity index (χ1n) is 5.15. The zero-order valence-corrected chi connectivity index (χ0v) is 10.8. The first-order valence-corrected chi connectivity index (χ1v) is 5.15. The molecule has 0 aromatic rings. The Morgan fingerprint density at radius 3 is 0.833 bits per heavy atom. The van der Waals surface area contributed by atoms with E-state index < -0.39 is 0 Å². The van der Waals surface area contributed by atoms with Crippen molar-refractivity contribution in [3.05, 3.63) is 0 Å². The molecule has 0 fully saturated rings. The summed E-state index contributed by atoms with van der Waals surface area (Å²) in [5.41, 5.74) is 0.500. The molecule has 0 saturated heterocycles.